The smallest absolute Gasteiger partial charge is 0.334 e. The predicted octanol–water partition coefficient (Wildman–Crippen LogP) is 5.64. The van der Waals surface area contributed by atoms with E-state index in [4.69, 9.17) is 0 Å². The number of benzene rings is 3. The molecule has 0 saturated heterocycles. The lowest BCUT2D eigenvalue weighted by atomic mass is 10.1. The Morgan fingerprint density at radius 3 is 2.44 bits per heavy atom. The molecule has 1 aromatic heterocycles. The number of carbonyl (C=O) groups is 1. The van der Waals surface area contributed by atoms with E-state index in [9.17, 15) is 14.9 Å². The summed E-state index contributed by atoms with van der Waals surface area (Å²) >= 11 is 0. The summed E-state index contributed by atoms with van der Waals surface area (Å²) < 4.78 is 0. The maximum atomic E-state index is 12.1. The molecule has 0 aliphatic heterocycles. The molecular weight excluding hydrogens is 406 g/mol. The molecule has 0 spiro atoms. The average molecular weight is 427 g/mol. The highest BCUT2D eigenvalue weighted by Gasteiger charge is 2.28. The lowest BCUT2D eigenvalue weighted by Gasteiger charge is -2.24. The number of nitrogens with zero attached hydrogens (tertiary/aromatic N) is 4. The van der Waals surface area contributed by atoms with Crippen molar-refractivity contribution in [2.24, 2.45) is 0 Å². The summed E-state index contributed by atoms with van der Waals surface area (Å²) in [5.41, 5.74) is 1.74. The molecule has 1 heterocycles. The number of hydrogen-bond donors (Lipinski definition) is 1. The summed E-state index contributed by atoms with van der Waals surface area (Å²) in [5, 5.41) is 17.1. The minimum Gasteiger partial charge on any atom is -0.334 e. The molecule has 8 heteroatoms. The zero-order valence-electron chi connectivity index (χ0n) is 17.6. The number of nitro groups is 1. The fraction of sp³-hybridized carbons (Fsp3) is 0.125. The first kappa shape index (κ1) is 20.9. The molecule has 0 atom stereocenters. The lowest BCUT2D eigenvalue weighted by Crippen LogP contribution is -2.20. The van der Waals surface area contributed by atoms with Gasteiger partial charge in [-0.05, 0) is 49.6 Å². The van der Waals surface area contributed by atoms with Crippen LogP contribution in [-0.4, -0.2) is 27.2 Å². The van der Waals surface area contributed by atoms with Crippen LogP contribution >= 0.6 is 0 Å². The first-order valence-corrected chi connectivity index (χ1v) is 10.1. The van der Waals surface area contributed by atoms with E-state index in [-0.39, 0.29) is 23.1 Å². The van der Waals surface area contributed by atoms with Gasteiger partial charge in [-0.2, -0.15) is 0 Å². The van der Waals surface area contributed by atoms with E-state index in [2.05, 4.69) is 15.3 Å². The van der Waals surface area contributed by atoms with Gasteiger partial charge in [-0.1, -0.05) is 36.4 Å². The molecule has 0 saturated carbocycles. The summed E-state index contributed by atoms with van der Waals surface area (Å²) in [4.78, 5) is 33.4. The molecule has 0 bridgehead atoms. The van der Waals surface area contributed by atoms with Crippen molar-refractivity contribution in [2.45, 2.75) is 13.8 Å². The van der Waals surface area contributed by atoms with Crippen molar-refractivity contribution in [3.05, 3.63) is 88.7 Å². The van der Waals surface area contributed by atoms with E-state index < -0.39 is 4.92 Å². The van der Waals surface area contributed by atoms with Gasteiger partial charge in [0.25, 0.3) is 0 Å². The maximum absolute atomic E-state index is 12.1. The second-order valence-electron chi connectivity index (χ2n) is 7.15. The summed E-state index contributed by atoms with van der Waals surface area (Å²) in [5.74, 6) is 0.224. The second-order valence-corrected chi connectivity index (χ2v) is 7.15. The van der Waals surface area contributed by atoms with Crippen LogP contribution in [0.15, 0.2) is 73.1 Å². The Morgan fingerprint density at radius 1 is 1.03 bits per heavy atom. The van der Waals surface area contributed by atoms with Crippen LogP contribution in [0, 0.1) is 10.1 Å². The highest BCUT2D eigenvalue weighted by atomic mass is 16.6. The number of Topliss-reactive ketones (excluding diaryl/α,β-unsaturated/α-hetero) is 1. The Hall–Kier alpha value is -4.33. The van der Waals surface area contributed by atoms with Gasteiger partial charge in [0.05, 0.1) is 10.6 Å². The first-order chi connectivity index (χ1) is 15.5. The lowest BCUT2D eigenvalue weighted by molar-refractivity contribution is -0.383. The number of anilines is 4. The first-order valence-electron chi connectivity index (χ1n) is 10.1. The Labute approximate surface area is 184 Å². The van der Waals surface area contributed by atoms with E-state index in [0.29, 0.717) is 17.8 Å². The van der Waals surface area contributed by atoms with Crippen molar-refractivity contribution in [3.8, 4) is 0 Å². The van der Waals surface area contributed by atoms with Gasteiger partial charge < -0.3 is 10.2 Å². The Balaban J connectivity index is 1.80. The number of ketones is 1. The van der Waals surface area contributed by atoms with Crippen LogP contribution in [0.4, 0.5) is 28.7 Å². The molecule has 160 valence electrons. The predicted molar refractivity (Wildman–Crippen MR) is 125 cm³/mol. The van der Waals surface area contributed by atoms with Crippen molar-refractivity contribution >= 4 is 45.3 Å². The number of carbonyl (C=O) groups excluding carboxylic acids is 1. The highest BCUT2D eigenvalue weighted by molar-refractivity contribution is 5.97. The molecule has 8 nitrogen and oxygen atoms in total. The molecule has 0 radical (unpaired) electrons. The maximum Gasteiger partial charge on any atom is 0.354 e. The van der Waals surface area contributed by atoms with Crippen LogP contribution in [0.25, 0.3) is 10.8 Å². The summed E-state index contributed by atoms with van der Waals surface area (Å²) in [6, 6.07) is 20.4. The topological polar surface area (TPSA) is 101 Å². The van der Waals surface area contributed by atoms with Crippen LogP contribution in [-0.2, 0) is 0 Å². The Morgan fingerprint density at radius 2 is 1.75 bits per heavy atom. The fourth-order valence-corrected chi connectivity index (χ4v) is 3.63. The zero-order chi connectivity index (χ0) is 22.7. The highest BCUT2D eigenvalue weighted by Crippen LogP contribution is 2.39. The quantitative estimate of drug-likeness (QED) is 0.231. The SMILES string of the molecule is CCN(c1ncnc(Nc2ccc(C(C)=O)cc2)c1[N+](=O)[O-])c1cccc2ccccc12. The molecule has 4 rings (SSSR count). The Bertz CT molecular complexity index is 1300. The monoisotopic (exact) mass is 427 g/mol. The van der Waals surface area contributed by atoms with Gasteiger partial charge in [0.2, 0.25) is 11.6 Å². The molecule has 0 aliphatic rings. The van der Waals surface area contributed by atoms with Gasteiger partial charge in [0.1, 0.15) is 6.33 Å². The number of fused-ring (bicyclic) bond motifs is 1. The molecule has 32 heavy (non-hydrogen) atoms. The second kappa shape index (κ2) is 8.81. The third kappa shape index (κ3) is 3.98. The van der Waals surface area contributed by atoms with Crippen LogP contribution in [0.1, 0.15) is 24.2 Å². The van der Waals surface area contributed by atoms with Crippen LogP contribution in [0.3, 0.4) is 0 Å². The van der Waals surface area contributed by atoms with Gasteiger partial charge in [-0.25, -0.2) is 9.97 Å². The van der Waals surface area contributed by atoms with Crippen LogP contribution < -0.4 is 10.2 Å². The average Bonchev–Trinajstić information content (AvgIpc) is 2.80. The zero-order valence-corrected chi connectivity index (χ0v) is 17.6. The van der Waals surface area contributed by atoms with Gasteiger partial charge in [-0.15, -0.1) is 0 Å². The number of aromatic nitrogens is 2. The van der Waals surface area contributed by atoms with Crippen molar-refractivity contribution < 1.29 is 9.72 Å². The molecule has 0 unspecified atom stereocenters. The summed E-state index contributed by atoms with van der Waals surface area (Å²) in [7, 11) is 0. The van der Waals surface area contributed by atoms with E-state index in [1.165, 1.54) is 13.3 Å². The third-order valence-electron chi connectivity index (χ3n) is 5.17. The molecule has 1 N–H and O–H groups in total. The van der Waals surface area contributed by atoms with Crippen molar-refractivity contribution in [2.75, 3.05) is 16.8 Å². The van der Waals surface area contributed by atoms with Crippen molar-refractivity contribution in [3.63, 3.8) is 0 Å². The third-order valence-corrected chi connectivity index (χ3v) is 5.17. The molecular formula is C24H21N5O3. The van der Waals surface area contributed by atoms with E-state index in [1.54, 1.807) is 24.3 Å². The van der Waals surface area contributed by atoms with Crippen LogP contribution in [0.5, 0.6) is 0 Å². The largest absolute Gasteiger partial charge is 0.354 e. The van der Waals surface area contributed by atoms with Crippen molar-refractivity contribution in [1.82, 2.24) is 9.97 Å². The summed E-state index contributed by atoms with van der Waals surface area (Å²) in [6.45, 7) is 3.87. The van der Waals surface area contributed by atoms with E-state index in [1.807, 2.05) is 54.3 Å². The standard InChI is InChI=1S/C24H21N5O3/c1-3-28(21-10-6-8-18-7-4-5-9-20(18)21)24-22(29(31)32)23(25-15-26-24)27-19-13-11-17(12-14-19)16(2)30/h4-15H,3H2,1-2H3,(H,25,26,27). The Kier molecular flexibility index (Phi) is 5.76. The molecule has 0 aliphatic carbocycles. The minimum absolute atomic E-state index is 0.0551. The molecule has 0 fully saturated rings. The summed E-state index contributed by atoms with van der Waals surface area (Å²) in [6.07, 6.45) is 1.31. The molecule has 3 aromatic carbocycles. The van der Waals surface area contributed by atoms with Crippen molar-refractivity contribution in [1.29, 1.82) is 0 Å². The van der Waals surface area contributed by atoms with Gasteiger partial charge in [0, 0.05) is 23.2 Å². The number of rotatable bonds is 7. The van der Waals surface area contributed by atoms with E-state index in [0.717, 1.165) is 16.5 Å². The molecule has 4 aromatic rings. The number of hydrogen-bond acceptors (Lipinski definition) is 7. The minimum atomic E-state index is -0.477. The van der Waals surface area contributed by atoms with Crippen LogP contribution in [0.2, 0.25) is 0 Å². The fourth-order valence-electron chi connectivity index (χ4n) is 3.63. The number of nitrogens with one attached hydrogen (secondary N) is 1. The van der Waals surface area contributed by atoms with E-state index >= 15 is 0 Å². The van der Waals surface area contributed by atoms with Gasteiger partial charge >= 0.3 is 5.69 Å². The van der Waals surface area contributed by atoms with Gasteiger partial charge in [0.15, 0.2) is 5.78 Å². The molecule has 0 amide bonds. The van der Waals surface area contributed by atoms with Gasteiger partial charge in [-0.3, -0.25) is 14.9 Å². The normalized spacial score (nSPS) is 10.7.